The van der Waals surface area contributed by atoms with Crippen LogP contribution in [-0.4, -0.2) is 25.3 Å². The Balaban J connectivity index is 1.26. The summed E-state index contributed by atoms with van der Waals surface area (Å²) in [5.74, 6) is 0. The minimum absolute atomic E-state index is 0.568. The molecule has 0 aromatic carbocycles. The van der Waals surface area contributed by atoms with Crippen LogP contribution < -0.4 is 5.32 Å². The van der Waals surface area contributed by atoms with Gasteiger partial charge < -0.3 is 10.1 Å². The zero-order valence-electron chi connectivity index (χ0n) is 13.2. The molecule has 3 aliphatic rings. The van der Waals surface area contributed by atoms with Crippen molar-refractivity contribution in [3.8, 4) is 0 Å². The van der Waals surface area contributed by atoms with Gasteiger partial charge in [-0.05, 0) is 56.8 Å². The van der Waals surface area contributed by atoms with Gasteiger partial charge in [-0.25, -0.2) is 0 Å². The fourth-order valence-corrected chi connectivity index (χ4v) is 4.78. The lowest BCUT2D eigenvalue weighted by molar-refractivity contribution is 0.0281. The summed E-state index contributed by atoms with van der Waals surface area (Å²) in [6.45, 7) is 1.99. The van der Waals surface area contributed by atoms with Crippen molar-refractivity contribution in [2.45, 2.75) is 95.6 Å². The van der Waals surface area contributed by atoms with Crippen molar-refractivity contribution in [1.29, 1.82) is 0 Å². The number of ether oxygens (including phenoxy) is 1. The molecule has 3 fully saturated rings. The SMILES string of the molecule is C1CCC(OCCNC2CCC3(CCCC3)CC2)CC1. The fraction of sp³-hybridized carbons (Fsp3) is 1.00. The standard InChI is InChI=1S/C18H33NO/c1-2-6-17(7-3-1)20-15-14-19-16-8-12-18(13-9-16)10-4-5-11-18/h16-17,19H,1-15H2. The highest BCUT2D eigenvalue weighted by Crippen LogP contribution is 2.48. The first-order valence-corrected chi connectivity index (χ1v) is 9.21. The lowest BCUT2D eigenvalue weighted by Crippen LogP contribution is -2.38. The van der Waals surface area contributed by atoms with Crippen molar-refractivity contribution < 1.29 is 4.74 Å². The van der Waals surface area contributed by atoms with Gasteiger partial charge in [0.25, 0.3) is 0 Å². The van der Waals surface area contributed by atoms with Gasteiger partial charge >= 0.3 is 0 Å². The van der Waals surface area contributed by atoms with E-state index in [2.05, 4.69) is 5.32 Å². The minimum atomic E-state index is 0.568. The second kappa shape index (κ2) is 7.26. The number of rotatable bonds is 5. The van der Waals surface area contributed by atoms with Gasteiger partial charge in [-0.15, -0.1) is 0 Å². The van der Waals surface area contributed by atoms with Crippen LogP contribution in [0.3, 0.4) is 0 Å². The largest absolute Gasteiger partial charge is 0.377 e. The Bertz CT molecular complexity index is 269. The summed E-state index contributed by atoms with van der Waals surface area (Å²) in [6, 6.07) is 0.774. The average molecular weight is 279 g/mol. The lowest BCUT2D eigenvalue weighted by atomic mass is 9.71. The molecule has 0 atom stereocenters. The molecule has 0 bridgehead atoms. The summed E-state index contributed by atoms with van der Waals surface area (Å²) >= 11 is 0. The Kier molecular flexibility index (Phi) is 5.39. The van der Waals surface area contributed by atoms with E-state index >= 15 is 0 Å². The van der Waals surface area contributed by atoms with E-state index in [4.69, 9.17) is 4.74 Å². The summed E-state index contributed by atoms with van der Waals surface area (Å²) in [5, 5.41) is 3.74. The molecule has 0 radical (unpaired) electrons. The zero-order chi connectivity index (χ0) is 13.7. The summed E-state index contributed by atoms with van der Waals surface area (Å²) < 4.78 is 6.00. The first-order chi connectivity index (χ1) is 9.86. The molecule has 116 valence electrons. The van der Waals surface area contributed by atoms with Crippen LogP contribution in [0.1, 0.15) is 83.5 Å². The van der Waals surface area contributed by atoms with Gasteiger partial charge in [0.2, 0.25) is 0 Å². The maximum atomic E-state index is 6.00. The zero-order valence-corrected chi connectivity index (χ0v) is 13.2. The lowest BCUT2D eigenvalue weighted by Gasteiger charge is -2.37. The quantitative estimate of drug-likeness (QED) is 0.752. The third kappa shape index (κ3) is 3.98. The molecule has 0 aliphatic heterocycles. The Morgan fingerprint density at radius 3 is 2.20 bits per heavy atom. The van der Waals surface area contributed by atoms with Crippen LogP contribution in [0.5, 0.6) is 0 Å². The third-order valence-corrected chi connectivity index (χ3v) is 6.15. The molecule has 0 heterocycles. The predicted molar refractivity (Wildman–Crippen MR) is 84.0 cm³/mol. The van der Waals surface area contributed by atoms with Gasteiger partial charge in [0.1, 0.15) is 0 Å². The summed E-state index contributed by atoms with van der Waals surface area (Å²) in [6.07, 6.45) is 19.1. The molecule has 0 aromatic rings. The highest BCUT2D eigenvalue weighted by Gasteiger charge is 2.37. The Labute approximate surface area is 125 Å². The molecule has 1 N–H and O–H groups in total. The molecule has 0 aromatic heterocycles. The second-order valence-electron chi connectivity index (χ2n) is 7.57. The maximum Gasteiger partial charge on any atom is 0.0594 e. The van der Waals surface area contributed by atoms with E-state index in [0.717, 1.165) is 24.6 Å². The fourth-order valence-electron chi connectivity index (χ4n) is 4.78. The Morgan fingerprint density at radius 1 is 0.800 bits per heavy atom. The normalized spacial score (nSPS) is 28.2. The Morgan fingerprint density at radius 2 is 1.50 bits per heavy atom. The summed E-state index contributed by atoms with van der Waals surface area (Å²) in [7, 11) is 0. The topological polar surface area (TPSA) is 21.3 Å². The van der Waals surface area contributed by atoms with Gasteiger partial charge in [0.05, 0.1) is 12.7 Å². The molecule has 0 unspecified atom stereocenters. The predicted octanol–water partition coefficient (Wildman–Crippen LogP) is 4.43. The van der Waals surface area contributed by atoms with Crippen LogP contribution >= 0.6 is 0 Å². The van der Waals surface area contributed by atoms with E-state index in [-0.39, 0.29) is 0 Å². The first-order valence-electron chi connectivity index (χ1n) is 9.21. The van der Waals surface area contributed by atoms with E-state index < -0.39 is 0 Å². The van der Waals surface area contributed by atoms with Crippen molar-refractivity contribution in [2.75, 3.05) is 13.2 Å². The average Bonchev–Trinajstić information content (AvgIpc) is 2.95. The molecule has 2 nitrogen and oxygen atoms in total. The van der Waals surface area contributed by atoms with Gasteiger partial charge in [0.15, 0.2) is 0 Å². The molecule has 3 saturated carbocycles. The van der Waals surface area contributed by atoms with Crippen molar-refractivity contribution in [3.05, 3.63) is 0 Å². The molecule has 0 saturated heterocycles. The van der Waals surface area contributed by atoms with Crippen molar-refractivity contribution >= 4 is 0 Å². The van der Waals surface area contributed by atoms with Crippen LogP contribution in [0, 0.1) is 5.41 Å². The molecule has 3 aliphatic carbocycles. The van der Waals surface area contributed by atoms with E-state index in [1.807, 2.05) is 0 Å². The molecule has 3 rings (SSSR count). The molecule has 1 spiro atoms. The van der Waals surface area contributed by atoms with Crippen LogP contribution in [-0.2, 0) is 4.74 Å². The van der Waals surface area contributed by atoms with Gasteiger partial charge in [-0.2, -0.15) is 0 Å². The van der Waals surface area contributed by atoms with Crippen LogP contribution in [0.4, 0.5) is 0 Å². The third-order valence-electron chi connectivity index (χ3n) is 6.15. The van der Waals surface area contributed by atoms with Gasteiger partial charge in [0, 0.05) is 12.6 Å². The van der Waals surface area contributed by atoms with Gasteiger partial charge in [-0.1, -0.05) is 32.1 Å². The van der Waals surface area contributed by atoms with E-state index in [0.29, 0.717) is 6.10 Å². The van der Waals surface area contributed by atoms with Crippen molar-refractivity contribution in [2.24, 2.45) is 5.41 Å². The summed E-state index contributed by atoms with van der Waals surface area (Å²) in [5.41, 5.74) is 0.775. The minimum Gasteiger partial charge on any atom is -0.377 e. The van der Waals surface area contributed by atoms with E-state index in [9.17, 15) is 0 Å². The van der Waals surface area contributed by atoms with Gasteiger partial charge in [-0.3, -0.25) is 0 Å². The molecule has 0 amide bonds. The smallest absolute Gasteiger partial charge is 0.0594 e. The molecular formula is C18H33NO. The van der Waals surface area contributed by atoms with Crippen LogP contribution in [0.25, 0.3) is 0 Å². The number of hydrogen-bond acceptors (Lipinski definition) is 2. The number of hydrogen-bond donors (Lipinski definition) is 1. The van der Waals surface area contributed by atoms with Crippen molar-refractivity contribution in [3.63, 3.8) is 0 Å². The van der Waals surface area contributed by atoms with Crippen LogP contribution in [0.2, 0.25) is 0 Å². The molecule has 2 heteroatoms. The van der Waals surface area contributed by atoms with Crippen LogP contribution in [0.15, 0.2) is 0 Å². The first kappa shape index (κ1) is 14.8. The number of nitrogens with one attached hydrogen (secondary N) is 1. The highest BCUT2D eigenvalue weighted by atomic mass is 16.5. The molecule has 20 heavy (non-hydrogen) atoms. The summed E-state index contributed by atoms with van der Waals surface area (Å²) in [4.78, 5) is 0. The Hall–Kier alpha value is -0.0800. The maximum absolute atomic E-state index is 6.00. The second-order valence-corrected chi connectivity index (χ2v) is 7.57. The van der Waals surface area contributed by atoms with E-state index in [1.54, 1.807) is 0 Å². The molecular weight excluding hydrogens is 246 g/mol. The monoisotopic (exact) mass is 279 g/mol. The highest BCUT2D eigenvalue weighted by molar-refractivity contribution is 4.91. The van der Waals surface area contributed by atoms with E-state index in [1.165, 1.54) is 83.5 Å². The van der Waals surface area contributed by atoms with Crippen molar-refractivity contribution in [1.82, 2.24) is 5.32 Å².